The summed E-state index contributed by atoms with van der Waals surface area (Å²) in [6.07, 6.45) is 5.38. The first-order chi connectivity index (χ1) is 8.38. The summed E-state index contributed by atoms with van der Waals surface area (Å²) in [5.74, 6) is 1.78. The summed E-state index contributed by atoms with van der Waals surface area (Å²) >= 11 is 0. The second-order valence-corrected chi connectivity index (χ2v) is 5.69. The summed E-state index contributed by atoms with van der Waals surface area (Å²) in [7, 11) is 0. The van der Waals surface area contributed by atoms with Crippen molar-refractivity contribution >= 4 is 0 Å². The largest absolute Gasteiger partial charge is 0.303 e. The Kier molecular flexibility index (Phi) is 3.19. The van der Waals surface area contributed by atoms with Crippen molar-refractivity contribution in [1.82, 2.24) is 4.90 Å². The van der Waals surface area contributed by atoms with Crippen molar-refractivity contribution < 1.29 is 0 Å². The number of hydrogen-bond acceptors (Lipinski definition) is 1. The Morgan fingerprint density at radius 2 is 2.12 bits per heavy atom. The fourth-order valence-corrected chi connectivity index (χ4v) is 3.79. The molecule has 1 aromatic rings. The molecule has 0 amide bonds. The van der Waals surface area contributed by atoms with Crippen LogP contribution in [0.2, 0.25) is 0 Å². The molecule has 1 heterocycles. The molecule has 1 saturated heterocycles. The summed E-state index contributed by atoms with van der Waals surface area (Å²) in [4.78, 5) is 2.68. The minimum Gasteiger partial charge on any atom is -0.303 e. The van der Waals surface area contributed by atoms with E-state index in [1.807, 2.05) is 0 Å². The average molecular weight is 229 g/mol. The molecule has 1 heteroatoms. The lowest BCUT2D eigenvalue weighted by atomic mass is 9.71. The quantitative estimate of drug-likeness (QED) is 0.751. The lowest BCUT2D eigenvalue weighted by Gasteiger charge is -2.42. The second kappa shape index (κ2) is 4.81. The van der Waals surface area contributed by atoms with E-state index in [2.05, 4.69) is 36.1 Å². The third-order valence-electron chi connectivity index (χ3n) is 4.60. The highest BCUT2D eigenvalue weighted by Crippen LogP contribution is 2.41. The fourth-order valence-electron chi connectivity index (χ4n) is 3.79. The predicted molar refractivity (Wildman–Crippen MR) is 72.3 cm³/mol. The van der Waals surface area contributed by atoms with E-state index in [4.69, 9.17) is 0 Å². The van der Waals surface area contributed by atoms with E-state index >= 15 is 0 Å². The van der Waals surface area contributed by atoms with Crippen molar-refractivity contribution in [3.63, 3.8) is 0 Å². The molecular weight excluding hydrogens is 206 g/mol. The monoisotopic (exact) mass is 229 g/mol. The maximum absolute atomic E-state index is 2.68. The van der Waals surface area contributed by atoms with Crippen LogP contribution in [0.4, 0.5) is 0 Å². The van der Waals surface area contributed by atoms with E-state index < -0.39 is 0 Å². The van der Waals surface area contributed by atoms with Gasteiger partial charge in [-0.05, 0) is 61.7 Å². The normalized spacial score (nSPS) is 28.5. The van der Waals surface area contributed by atoms with Gasteiger partial charge in [-0.25, -0.2) is 0 Å². The van der Waals surface area contributed by atoms with Crippen LogP contribution in [-0.2, 0) is 6.42 Å². The van der Waals surface area contributed by atoms with Crippen LogP contribution in [0, 0.1) is 5.92 Å². The number of rotatable bonds is 2. The Bertz CT molecular complexity index is 385. The lowest BCUT2D eigenvalue weighted by Crippen LogP contribution is -2.41. The number of nitrogens with zero attached hydrogens (tertiary/aromatic N) is 1. The Labute approximate surface area is 105 Å². The van der Waals surface area contributed by atoms with Crippen LogP contribution < -0.4 is 0 Å². The number of benzene rings is 1. The second-order valence-electron chi connectivity index (χ2n) is 5.69. The van der Waals surface area contributed by atoms with E-state index in [0.717, 1.165) is 11.8 Å². The van der Waals surface area contributed by atoms with Crippen LogP contribution in [0.5, 0.6) is 0 Å². The first-order valence-corrected chi connectivity index (χ1v) is 7.18. The van der Waals surface area contributed by atoms with Gasteiger partial charge in [-0.15, -0.1) is 0 Å². The minimum absolute atomic E-state index is 0.855. The summed E-state index contributed by atoms with van der Waals surface area (Å²) in [6, 6.07) is 9.14. The highest BCUT2D eigenvalue weighted by Gasteiger charge is 2.33. The highest BCUT2D eigenvalue weighted by molar-refractivity contribution is 5.34. The average Bonchev–Trinajstić information content (AvgIpc) is 2.39. The van der Waals surface area contributed by atoms with Crippen molar-refractivity contribution in [2.75, 3.05) is 19.6 Å². The minimum atomic E-state index is 0.855. The van der Waals surface area contributed by atoms with Crippen LogP contribution in [0.15, 0.2) is 24.3 Å². The summed E-state index contributed by atoms with van der Waals surface area (Å²) in [5, 5.41) is 0. The molecule has 0 N–H and O–H groups in total. The van der Waals surface area contributed by atoms with E-state index in [1.54, 1.807) is 11.1 Å². The third-order valence-corrected chi connectivity index (χ3v) is 4.60. The van der Waals surface area contributed by atoms with Gasteiger partial charge in [-0.3, -0.25) is 0 Å². The first-order valence-electron chi connectivity index (χ1n) is 7.18. The molecule has 1 aliphatic carbocycles. The van der Waals surface area contributed by atoms with E-state index in [-0.39, 0.29) is 0 Å². The molecule has 3 rings (SSSR count). The zero-order valence-corrected chi connectivity index (χ0v) is 10.9. The number of piperidine rings is 1. The van der Waals surface area contributed by atoms with Crippen LogP contribution in [-0.4, -0.2) is 24.5 Å². The van der Waals surface area contributed by atoms with E-state index in [9.17, 15) is 0 Å². The maximum Gasteiger partial charge on any atom is 0.00156 e. The van der Waals surface area contributed by atoms with Gasteiger partial charge in [0.1, 0.15) is 0 Å². The molecule has 1 aromatic carbocycles. The Morgan fingerprint density at radius 1 is 1.24 bits per heavy atom. The molecule has 2 atom stereocenters. The number of aryl methyl sites for hydroxylation is 1. The van der Waals surface area contributed by atoms with Gasteiger partial charge in [0, 0.05) is 6.54 Å². The van der Waals surface area contributed by atoms with Gasteiger partial charge in [0.25, 0.3) is 0 Å². The first kappa shape index (κ1) is 11.3. The summed E-state index contributed by atoms with van der Waals surface area (Å²) in [6.45, 7) is 6.24. The molecule has 2 aliphatic rings. The van der Waals surface area contributed by atoms with E-state index in [0.29, 0.717) is 0 Å². The van der Waals surface area contributed by atoms with Crippen molar-refractivity contribution in [3.05, 3.63) is 35.4 Å². The third kappa shape index (κ3) is 2.13. The predicted octanol–water partition coefficient (Wildman–Crippen LogP) is 3.45. The number of fused-ring (bicyclic) bond motifs is 3. The van der Waals surface area contributed by atoms with Crippen molar-refractivity contribution in [3.8, 4) is 0 Å². The molecular formula is C16H23N. The zero-order chi connectivity index (χ0) is 11.7. The molecule has 0 aromatic heterocycles. The number of hydrogen-bond donors (Lipinski definition) is 0. The van der Waals surface area contributed by atoms with Crippen molar-refractivity contribution in [1.29, 1.82) is 0 Å². The van der Waals surface area contributed by atoms with E-state index in [1.165, 1.54) is 45.3 Å². The molecule has 0 unspecified atom stereocenters. The molecule has 1 nitrogen and oxygen atoms in total. The Hall–Kier alpha value is -0.820. The summed E-state index contributed by atoms with van der Waals surface area (Å²) < 4.78 is 0. The van der Waals surface area contributed by atoms with Gasteiger partial charge >= 0.3 is 0 Å². The molecule has 0 radical (unpaired) electrons. The molecule has 17 heavy (non-hydrogen) atoms. The van der Waals surface area contributed by atoms with Gasteiger partial charge in [0.15, 0.2) is 0 Å². The van der Waals surface area contributed by atoms with Crippen LogP contribution >= 0.6 is 0 Å². The van der Waals surface area contributed by atoms with Gasteiger partial charge < -0.3 is 4.90 Å². The fraction of sp³-hybridized carbons (Fsp3) is 0.625. The lowest BCUT2D eigenvalue weighted by molar-refractivity contribution is 0.141. The van der Waals surface area contributed by atoms with Gasteiger partial charge in [0.2, 0.25) is 0 Å². The van der Waals surface area contributed by atoms with Crippen LogP contribution in [0.3, 0.4) is 0 Å². The maximum atomic E-state index is 2.68. The highest BCUT2D eigenvalue weighted by atomic mass is 15.1. The van der Waals surface area contributed by atoms with Gasteiger partial charge in [-0.2, -0.15) is 0 Å². The molecule has 1 aliphatic heterocycles. The molecule has 1 fully saturated rings. The molecule has 0 bridgehead atoms. The molecule has 0 spiro atoms. The SMILES string of the molecule is CCCN1CC[C@H]2c3ccccc3CC[C@@H]2C1. The molecule has 0 saturated carbocycles. The summed E-state index contributed by atoms with van der Waals surface area (Å²) in [5.41, 5.74) is 3.29. The number of likely N-dealkylation sites (tertiary alicyclic amines) is 1. The zero-order valence-electron chi connectivity index (χ0n) is 10.9. The van der Waals surface area contributed by atoms with Crippen molar-refractivity contribution in [2.45, 2.75) is 38.5 Å². The smallest absolute Gasteiger partial charge is 0.00156 e. The Morgan fingerprint density at radius 3 is 3.00 bits per heavy atom. The van der Waals surface area contributed by atoms with Crippen LogP contribution in [0.1, 0.15) is 43.2 Å². The Balaban J connectivity index is 1.78. The van der Waals surface area contributed by atoms with Gasteiger partial charge in [0.05, 0.1) is 0 Å². The standard InChI is InChI=1S/C16H23N/c1-2-10-17-11-9-16-14(12-17)8-7-13-5-3-4-6-15(13)16/h3-6,14,16H,2,7-12H2,1H3/t14-,16-/m1/s1. The molecule has 92 valence electrons. The van der Waals surface area contributed by atoms with Crippen LogP contribution in [0.25, 0.3) is 0 Å². The van der Waals surface area contributed by atoms with Gasteiger partial charge in [-0.1, -0.05) is 31.2 Å². The van der Waals surface area contributed by atoms with Crippen molar-refractivity contribution in [2.24, 2.45) is 5.92 Å². The topological polar surface area (TPSA) is 3.24 Å².